The fourth-order valence-corrected chi connectivity index (χ4v) is 7.58. The number of carbonyl (C=O) groups is 3. The van der Waals surface area contributed by atoms with Crippen LogP contribution in [0.15, 0.2) is 71.6 Å². The number of amides is 3. The number of hydrogen-bond donors (Lipinski definition) is 1. The summed E-state index contributed by atoms with van der Waals surface area (Å²) < 4.78 is 28.6. The molecule has 1 aromatic heterocycles. The summed E-state index contributed by atoms with van der Waals surface area (Å²) in [6, 6.07) is 17.1. The van der Waals surface area contributed by atoms with Gasteiger partial charge in [-0.05, 0) is 82.3 Å². The highest BCUT2D eigenvalue weighted by molar-refractivity contribution is 7.89. The van der Waals surface area contributed by atoms with Crippen LogP contribution in [0.3, 0.4) is 0 Å². The Morgan fingerprint density at radius 2 is 1.49 bits per heavy atom. The van der Waals surface area contributed by atoms with E-state index in [1.165, 1.54) is 33.8 Å². The lowest BCUT2D eigenvalue weighted by molar-refractivity contribution is 0.0925. The summed E-state index contributed by atoms with van der Waals surface area (Å²) in [7, 11) is -3.71. The molecule has 3 aromatic carbocycles. The monoisotopic (exact) mass is 562 g/mol. The van der Waals surface area contributed by atoms with E-state index < -0.39 is 27.7 Å². The van der Waals surface area contributed by atoms with E-state index in [4.69, 9.17) is 0 Å². The van der Waals surface area contributed by atoms with Gasteiger partial charge in [-0.2, -0.15) is 4.31 Å². The molecule has 0 spiro atoms. The Balaban J connectivity index is 1.34. The first-order valence-corrected chi connectivity index (χ1v) is 14.6. The average molecular weight is 563 g/mol. The largest absolute Gasteiger partial charge is 0.298 e. The van der Waals surface area contributed by atoms with E-state index in [1.54, 1.807) is 48.5 Å². The van der Waals surface area contributed by atoms with Crippen molar-refractivity contribution in [1.29, 1.82) is 0 Å². The number of aromatic nitrogens is 1. The summed E-state index contributed by atoms with van der Waals surface area (Å²) in [5.74, 6) is -1.25. The number of nitrogens with one attached hydrogen (secondary N) is 1. The number of rotatable bonds is 7. The Morgan fingerprint density at radius 1 is 0.897 bits per heavy atom. The molecule has 0 bridgehead atoms. The lowest BCUT2D eigenvalue weighted by atomic mass is 10.1. The summed E-state index contributed by atoms with van der Waals surface area (Å²) in [5.41, 5.74) is 1.93. The minimum Gasteiger partial charge on any atom is -0.298 e. The second kappa shape index (κ2) is 9.99. The molecule has 9 nitrogen and oxygen atoms in total. The van der Waals surface area contributed by atoms with Gasteiger partial charge in [0.1, 0.15) is 0 Å². The molecule has 0 saturated heterocycles. The highest BCUT2D eigenvalue weighted by Crippen LogP contribution is 2.31. The maximum absolute atomic E-state index is 13.3. The molecular formula is C28H26N4O5S2. The zero-order valence-electron chi connectivity index (χ0n) is 21.7. The van der Waals surface area contributed by atoms with Crippen molar-refractivity contribution in [1.82, 2.24) is 9.29 Å². The number of fused-ring (bicyclic) bond motifs is 2. The van der Waals surface area contributed by atoms with Crippen molar-refractivity contribution < 1.29 is 22.8 Å². The van der Waals surface area contributed by atoms with Crippen molar-refractivity contribution in [3.63, 3.8) is 0 Å². The number of anilines is 2. The van der Waals surface area contributed by atoms with E-state index in [-0.39, 0.29) is 17.0 Å². The molecule has 0 radical (unpaired) electrons. The van der Waals surface area contributed by atoms with Crippen LogP contribution in [0.5, 0.6) is 0 Å². The van der Waals surface area contributed by atoms with Crippen molar-refractivity contribution >= 4 is 60.1 Å². The van der Waals surface area contributed by atoms with Gasteiger partial charge in [-0.25, -0.2) is 18.3 Å². The summed E-state index contributed by atoms with van der Waals surface area (Å²) in [4.78, 5) is 44.0. The molecule has 4 aromatic rings. The van der Waals surface area contributed by atoms with Gasteiger partial charge in [-0.1, -0.05) is 23.5 Å². The molecule has 0 unspecified atom stereocenters. The van der Waals surface area contributed by atoms with Gasteiger partial charge in [-0.3, -0.25) is 19.7 Å². The van der Waals surface area contributed by atoms with Gasteiger partial charge in [0, 0.05) is 17.6 Å². The van der Waals surface area contributed by atoms with Crippen molar-refractivity contribution in [2.24, 2.45) is 0 Å². The molecule has 0 aliphatic carbocycles. The molecule has 39 heavy (non-hydrogen) atoms. The molecule has 200 valence electrons. The summed E-state index contributed by atoms with van der Waals surface area (Å²) in [5, 5.41) is 3.07. The normalized spacial score (nSPS) is 13.7. The minimum atomic E-state index is -3.71. The number of carbonyl (C=O) groups excluding carboxylic acids is 3. The molecule has 11 heteroatoms. The predicted molar refractivity (Wildman–Crippen MR) is 151 cm³/mol. The van der Waals surface area contributed by atoms with Gasteiger partial charge in [0.2, 0.25) is 10.0 Å². The highest BCUT2D eigenvalue weighted by Gasteiger charge is 2.36. The van der Waals surface area contributed by atoms with Crippen molar-refractivity contribution in [2.45, 2.75) is 44.7 Å². The fraction of sp³-hybridized carbons (Fsp3) is 0.214. The number of nitrogens with zero attached hydrogens (tertiary/aromatic N) is 3. The molecule has 1 aliphatic rings. The smallest absolute Gasteiger partial charge is 0.266 e. The second-order valence-electron chi connectivity index (χ2n) is 9.66. The molecule has 0 atom stereocenters. The first-order valence-electron chi connectivity index (χ1n) is 12.3. The van der Waals surface area contributed by atoms with E-state index in [0.29, 0.717) is 37.7 Å². The summed E-state index contributed by atoms with van der Waals surface area (Å²) in [6.45, 7) is 7.34. The Kier molecular flexibility index (Phi) is 6.83. The van der Waals surface area contributed by atoms with Gasteiger partial charge in [-0.15, -0.1) is 0 Å². The van der Waals surface area contributed by atoms with Crippen LogP contribution in [0.1, 0.15) is 58.8 Å². The standard InChI is InChI=1S/C28H26N4O5S2/c1-16(2)32(17(3)4)39(36,37)20-13-14-23-24(15-20)38-28(29-23)30-25(33)18-9-11-19(12-10-18)31-26(34)21-7-5-6-8-22(21)27(31)35/h5-17H,1-4H3,(H,29,30,33). The maximum atomic E-state index is 13.3. The zero-order valence-corrected chi connectivity index (χ0v) is 23.3. The van der Waals surface area contributed by atoms with Crippen LogP contribution in [0.4, 0.5) is 10.8 Å². The quantitative estimate of drug-likeness (QED) is 0.311. The van der Waals surface area contributed by atoms with Gasteiger partial charge in [0.25, 0.3) is 17.7 Å². The van der Waals surface area contributed by atoms with E-state index in [2.05, 4.69) is 10.3 Å². The zero-order chi connectivity index (χ0) is 28.1. The minimum absolute atomic E-state index is 0.169. The Bertz CT molecular complexity index is 1680. The third-order valence-electron chi connectivity index (χ3n) is 6.36. The summed E-state index contributed by atoms with van der Waals surface area (Å²) >= 11 is 1.17. The van der Waals surface area contributed by atoms with Crippen LogP contribution >= 0.6 is 11.3 Å². The topological polar surface area (TPSA) is 117 Å². The van der Waals surface area contributed by atoms with Gasteiger partial charge < -0.3 is 0 Å². The number of sulfonamides is 1. The van der Waals surface area contributed by atoms with Crippen LogP contribution in [0.25, 0.3) is 10.2 Å². The molecule has 1 N–H and O–H groups in total. The van der Waals surface area contributed by atoms with Crippen LogP contribution < -0.4 is 10.2 Å². The predicted octanol–water partition coefficient (Wildman–Crippen LogP) is 5.16. The lowest BCUT2D eigenvalue weighted by Gasteiger charge is -2.29. The molecule has 0 saturated carbocycles. The van der Waals surface area contributed by atoms with Crippen molar-refractivity contribution in [2.75, 3.05) is 10.2 Å². The van der Waals surface area contributed by atoms with Gasteiger partial charge in [0.05, 0.1) is 31.9 Å². The third-order valence-corrected chi connectivity index (χ3v) is 9.54. The summed E-state index contributed by atoms with van der Waals surface area (Å²) in [6.07, 6.45) is 0. The van der Waals surface area contributed by atoms with Crippen molar-refractivity contribution in [3.8, 4) is 0 Å². The molecule has 5 rings (SSSR count). The van der Waals surface area contributed by atoms with E-state index in [9.17, 15) is 22.8 Å². The van der Waals surface area contributed by atoms with Gasteiger partial charge in [0.15, 0.2) is 5.13 Å². The highest BCUT2D eigenvalue weighted by atomic mass is 32.2. The van der Waals surface area contributed by atoms with E-state index in [1.807, 2.05) is 27.7 Å². The van der Waals surface area contributed by atoms with Crippen LogP contribution in [-0.4, -0.2) is 47.5 Å². The maximum Gasteiger partial charge on any atom is 0.266 e. The molecule has 0 fully saturated rings. The number of hydrogen-bond acceptors (Lipinski definition) is 7. The average Bonchev–Trinajstić information content (AvgIpc) is 3.40. The molecule has 3 amide bonds. The van der Waals surface area contributed by atoms with Crippen LogP contribution in [0, 0.1) is 0 Å². The number of imide groups is 1. The lowest BCUT2D eigenvalue weighted by Crippen LogP contribution is -2.41. The third kappa shape index (κ3) is 4.73. The molecular weight excluding hydrogens is 536 g/mol. The van der Waals surface area contributed by atoms with E-state index >= 15 is 0 Å². The first kappa shape index (κ1) is 26.7. The Hall–Kier alpha value is -3.93. The SMILES string of the molecule is CC(C)N(C(C)C)S(=O)(=O)c1ccc2nc(NC(=O)c3ccc(N4C(=O)c5ccccc5C4=O)cc3)sc2c1. The number of benzene rings is 3. The van der Waals surface area contributed by atoms with E-state index in [0.717, 1.165) is 4.90 Å². The van der Waals surface area contributed by atoms with Crippen molar-refractivity contribution in [3.05, 3.63) is 83.4 Å². The van der Waals surface area contributed by atoms with Crippen LogP contribution in [-0.2, 0) is 10.0 Å². The number of thiazole rings is 1. The first-order chi connectivity index (χ1) is 18.5. The van der Waals surface area contributed by atoms with Crippen LogP contribution in [0.2, 0.25) is 0 Å². The second-order valence-corrected chi connectivity index (χ2v) is 12.5. The Labute approximate surface area is 230 Å². The fourth-order valence-electron chi connectivity index (χ4n) is 4.75. The molecule has 2 heterocycles. The Morgan fingerprint density at radius 3 is 2.05 bits per heavy atom. The van der Waals surface area contributed by atoms with Gasteiger partial charge >= 0.3 is 0 Å². The molecule has 1 aliphatic heterocycles.